The SMILES string of the molecule is COC1(C(Cc2ccc(C(F)(F)F)cc2)NN)CCCC1. The fraction of sp³-hybridized carbons (Fsp3) is 0.600. The highest BCUT2D eigenvalue weighted by Crippen LogP contribution is 2.37. The monoisotopic (exact) mass is 302 g/mol. The van der Waals surface area contributed by atoms with Crippen LogP contribution in [-0.4, -0.2) is 18.8 Å². The third-order valence-electron chi connectivity index (χ3n) is 4.41. The van der Waals surface area contributed by atoms with Crippen molar-refractivity contribution in [2.75, 3.05) is 7.11 Å². The standard InChI is InChI=1S/C15H21F3N2O/c1-21-14(8-2-3-9-14)13(20-19)10-11-4-6-12(7-5-11)15(16,17)18/h4-7,13,20H,2-3,8-10,19H2,1H3. The predicted molar refractivity (Wildman–Crippen MR) is 74.5 cm³/mol. The van der Waals surface area contributed by atoms with E-state index in [1.165, 1.54) is 12.1 Å². The summed E-state index contributed by atoms with van der Waals surface area (Å²) in [5, 5.41) is 0. The van der Waals surface area contributed by atoms with Crippen LogP contribution >= 0.6 is 0 Å². The molecule has 1 aliphatic rings. The van der Waals surface area contributed by atoms with Crippen molar-refractivity contribution in [3.8, 4) is 0 Å². The van der Waals surface area contributed by atoms with E-state index in [9.17, 15) is 13.2 Å². The molecule has 0 radical (unpaired) electrons. The van der Waals surface area contributed by atoms with E-state index in [1.54, 1.807) is 7.11 Å². The van der Waals surface area contributed by atoms with Crippen molar-refractivity contribution in [1.82, 2.24) is 5.43 Å². The van der Waals surface area contributed by atoms with Gasteiger partial charge in [-0.3, -0.25) is 11.3 Å². The molecule has 1 aromatic rings. The van der Waals surface area contributed by atoms with Gasteiger partial charge in [0.05, 0.1) is 17.2 Å². The minimum absolute atomic E-state index is 0.110. The zero-order valence-electron chi connectivity index (χ0n) is 12.0. The second-order valence-electron chi connectivity index (χ2n) is 5.59. The van der Waals surface area contributed by atoms with E-state index in [1.807, 2.05) is 0 Å². The van der Waals surface area contributed by atoms with Gasteiger partial charge < -0.3 is 4.74 Å². The Kier molecular flexibility index (Phi) is 4.91. The van der Waals surface area contributed by atoms with Crippen LogP contribution in [0.4, 0.5) is 13.2 Å². The van der Waals surface area contributed by atoms with Crippen LogP contribution in [0.25, 0.3) is 0 Å². The molecule has 1 saturated carbocycles. The molecule has 118 valence electrons. The zero-order valence-corrected chi connectivity index (χ0v) is 12.0. The highest BCUT2D eigenvalue weighted by molar-refractivity contribution is 5.25. The molecule has 1 aromatic carbocycles. The fourth-order valence-electron chi connectivity index (χ4n) is 3.13. The van der Waals surface area contributed by atoms with E-state index in [4.69, 9.17) is 10.6 Å². The summed E-state index contributed by atoms with van der Waals surface area (Å²) in [6, 6.07) is 5.12. The summed E-state index contributed by atoms with van der Waals surface area (Å²) in [7, 11) is 1.67. The number of alkyl halides is 3. The van der Waals surface area contributed by atoms with Gasteiger partial charge in [-0.15, -0.1) is 0 Å². The molecule has 0 bridgehead atoms. The number of hydrogen-bond donors (Lipinski definition) is 2. The normalized spacial score (nSPS) is 19.7. The number of benzene rings is 1. The van der Waals surface area contributed by atoms with E-state index in [2.05, 4.69) is 5.43 Å². The van der Waals surface area contributed by atoms with Crippen LogP contribution in [-0.2, 0) is 17.3 Å². The topological polar surface area (TPSA) is 47.3 Å². The molecule has 0 aliphatic heterocycles. The van der Waals surface area contributed by atoms with Gasteiger partial charge in [-0.05, 0) is 37.0 Å². The molecule has 0 aromatic heterocycles. The van der Waals surface area contributed by atoms with E-state index in [-0.39, 0.29) is 11.6 Å². The van der Waals surface area contributed by atoms with Gasteiger partial charge in [-0.2, -0.15) is 13.2 Å². The Morgan fingerprint density at radius 3 is 2.24 bits per heavy atom. The maximum atomic E-state index is 12.6. The van der Waals surface area contributed by atoms with Gasteiger partial charge >= 0.3 is 6.18 Å². The minimum atomic E-state index is -4.30. The molecule has 0 amide bonds. The van der Waals surface area contributed by atoms with Gasteiger partial charge in [-0.1, -0.05) is 25.0 Å². The Morgan fingerprint density at radius 2 is 1.81 bits per heavy atom. The average molecular weight is 302 g/mol. The van der Waals surface area contributed by atoms with Crippen LogP contribution in [0.3, 0.4) is 0 Å². The summed E-state index contributed by atoms with van der Waals surface area (Å²) < 4.78 is 43.4. The maximum Gasteiger partial charge on any atom is 0.416 e. The molecule has 2 rings (SSSR count). The molecule has 1 atom stereocenters. The van der Waals surface area contributed by atoms with Crippen LogP contribution in [0.5, 0.6) is 0 Å². The Morgan fingerprint density at radius 1 is 1.24 bits per heavy atom. The highest BCUT2D eigenvalue weighted by Gasteiger charge is 2.41. The Balaban J connectivity index is 2.12. The molecule has 0 spiro atoms. The van der Waals surface area contributed by atoms with E-state index < -0.39 is 11.7 Å². The average Bonchev–Trinajstić information content (AvgIpc) is 2.94. The lowest BCUT2D eigenvalue weighted by atomic mass is 9.87. The van der Waals surface area contributed by atoms with Gasteiger partial charge in [-0.25, -0.2) is 0 Å². The second kappa shape index (κ2) is 6.34. The Labute approximate surface area is 122 Å². The van der Waals surface area contributed by atoms with Crippen LogP contribution in [0.2, 0.25) is 0 Å². The van der Waals surface area contributed by atoms with E-state index in [0.29, 0.717) is 6.42 Å². The van der Waals surface area contributed by atoms with Gasteiger partial charge in [0.25, 0.3) is 0 Å². The highest BCUT2D eigenvalue weighted by atomic mass is 19.4. The van der Waals surface area contributed by atoms with Gasteiger partial charge in [0.1, 0.15) is 0 Å². The molecule has 3 N–H and O–H groups in total. The van der Waals surface area contributed by atoms with Crippen molar-refractivity contribution in [2.24, 2.45) is 5.84 Å². The number of hydrogen-bond acceptors (Lipinski definition) is 3. The number of methoxy groups -OCH3 is 1. The maximum absolute atomic E-state index is 12.6. The van der Waals surface area contributed by atoms with Crippen LogP contribution < -0.4 is 11.3 Å². The number of hydrazine groups is 1. The first-order chi connectivity index (χ1) is 9.91. The molecule has 0 heterocycles. The quantitative estimate of drug-likeness (QED) is 0.649. The van der Waals surface area contributed by atoms with Crippen LogP contribution in [0, 0.1) is 0 Å². The molecule has 21 heavy (non-hydrogen) atoms. The van der Waals surface area contributed by atoms with Crippen molar-refractivity contribution in [3.05, 3.63) is 35.4 Å². The van der Waals surface area contributed by atoms with Crippen molar-refractivity contribution in [2.45, 2.75) is 49.9 Å². The number of rotatable bonds is 5. The van der Waals surface area contributed by atoms with Crippen molar-refractivity contribution >= 4 is 0 Å². The van der Waals surface area contributed by atoms with Crippen molar-refractivity contribution in [1.29, 1.82) is 0 Å². The molecule has 1 unspecified atom stereocenters. The number of nitrogens with one attached hydrogen (secondary N) is 1. The summed E-state index contributed by atoms with van der Waals surface area (Å²) >= 11 is 0. The summed E-state index contributed by atoms with van der Waals surface area (Å²) in [5.74, 6) is 5.65. The summed E-state index contributed by atoms with van der Waals surface area (Å²) in [4.78, 5) is 0. The number of ether oxygens (including phenoxy) is 1. The molecule has 6 heteroatoms. The summed E-state index contributed by atoms with van der Waals surface area (Å²) in [6.45, 7) is 0. The lowest BCUT2D eigenvalue weighted by Crippen LogP contribution is -2.54. The fourth-order valence-corrected chi connectivity index (χ4v) is 3.13. The lowest BCUT2D eigenvalue weighted by Gasteiger charge is -2.36. The molecule has 3 nitrogen and oxygen atoms in total. The van der Waals surface area contributed by atoms with Gasteiger partial charge in [0.2, 0.25) is 0 Å². The Hall–Kier alpha value is -1.11. The molecule has 1 aliphatic carbocycles. The second-order valence-corrected chi connectivity index (χ2v) is 5.59. The van der Waals surface area contributed by atoms with Crippen molar-refractivity contribution in [3.63, 3.8) is 0 Å². The molecular formula is C15H21F3N2O. The molecule has 1 fully saturated rings. The third kappa shape index (κ3) is 3.56. The summed E-state index contributed by atoms with van der Waals surface area (Å²) in [6.07, 6.45) is 0.238. The first kappa shape index (κ1) is 16.3. The van der Waals surface area contributed by atoms with E-state index >= 15 is 0 Å². The number of halogens is 3. The van der Waals surface area contributed by atoms with Crippen LogP contribution in [0.1, 0.15) is 36.8 Å². The van der Waals surface area contributed by atoms with Crippen molar-refractivity contribution < 1.29 is 17.9 Å². The summed E-state index contributed by atoms with van der Waals surface area (Å²) in [5.41, 5.74) is 2.64. The first-order valence-corrected chi connectivity index (χ1v) is 7.09. The largest absolute Gasteiger partial charge is 0.416 e. The minimum Gasteiger partial charge on any atom is -0.377 e. The van der Waals surface area contributed by atoms with Gasteiger partial charge in [0, 0.05) is 7.11 Å². The third-order valence-corrected chi connectivity index (χ3v) is 4.41. The lowest BCUT2D eigenvalue weighted by molar-refractivity contribution is -0.137. The van der Waals surface area contributed by atoms with E-state index in [0.717, 1.165) is 43.4 Å². The molecular weight excluding hydrogens is 281 g/mol. The first-order valence-electron chi connectivity index (χ1n) is 7.09. The smallest absolute Gasteiger partial charge is 0.377 e. The predicted octanol–water partition coefficient (Wildman–Crippen LogP) is 3.04. The molecule has 0 saturated heterocycles. The van der Waals surface area contributed by atoms with Crippen LogP contribution in [0.15, 0.2) is 24.3 Å². The number of nitrogens with two attached hydrogens (primary N) is 1. The van der Waals surface area contributed by atoms with Gasteiger partial charge in [0.15, 0.2) is 0 Å². The Bertz CT molecular complexity index is 453. The zero-order chi connectivity index (χ0) is 15.5.